The van der Waals surface area contributed by atoms with Crippen molar-refractivity contribution in [2.45, 2.75) is 32.5 Å². The number of hydrogen-bond acceptors (Lipinski definition) is 1. The van der Waals surface area contributed by atoms with E-state index in [1.807, 2.05) is 0 Å². The topological polar surface area (TPSA) is 3.24 Å². The van der Waals surface area contributed by atoms with Gasteiger partial charge in [-0.15, -0.1) is 0 Å². The first-order chi connectivity index (χ1) is 4.22. The van der Waals surface area contributed by atoms with Gasteiger partial charge in [-0.1, -0.05) is 26.4 Å². The average Bonchev–Trinajstić information content (AvgIpc) is 1.82. The maximum absolute atomic E-state index is 2.65. The summed E-state index contributed by atoms with van der Waals surface area (Å²) in [5, 5.41) is 0. The zero-order valence-electron chi connectivity index (χ0n) is 7.15. The zero-order valence-corrected chi connectivity index (χ0v) is 10.6. The van der Waals surface area contributed by atoms with E-state index in [1.54, 1.807) is 5.67 Å². The predicted octanol–water partition coefficient (Wildman–Crippen LogP) is -0.458. The summed E-state index contributed by atoms with van der Waals surface area (Å²) in [7, 11) is 1.59. The van der Waals surface area contributed by atoms with E-state index < -0.39 is 0 Å². The van der Waals surface area contributed by atoms with Gasteiger partial charge in [-0.3, -0.25) is 0 Å². The second-order valence-corrected chi connectivity index (χ2v) is 7.98. The van der Waals surface area contributed by atoms with Crippen LogP contribution in [0.5, 0.6) is 0 Å². The van der Waals surface area contributed by atoms with Crippen LogP contribution in [0.25, 0.3) is 0 Å². The van der Waals surface area contributed by atoms with Crippen LogP contribution in [0.3, 0.4) is 0 Å². The summed E-state index contributed by atoms with van der Waals surface area (Å²) >= 11 is 0. The Hall–Kier alpha value is 0.394. The lowest BCUT2D eigenvalue weighted by Gasteiger charge is -2.23. The maximum Gasteiger partial charge on any atom is 0.0919 e. The Balaban J connectivity index is 3.41. The van der Waals surface area contributed by atoms with Crippen molar-refractivity contribution >= 4 is 19.9 Å². The summed E-state index contributed by atoms with van der Waals surface area (Å²) in [5.41, 5.74) is 1.55. The predicted molar refractivity (Wildman–Crippen MR) is 50.8 cm³/mol. The van der Waals surface area contributed by atoms with Crippen LogP contribution in [0.15, 0.2) is 0 Å². The van der Waals surface area contributed by atoms with E-state index in [9.17, 15) is 0 Å². The molecule has 0 amide bonds. The molecular weight excluding hydrogens is 142 g/mol. The van der Waals surface area contributed by atoms with Gasteiger partial charge in [-0.25, -0.2) is 0 Å². The van der Waals surface area contributed by atoms with Crippen molar-refractivity contribution in [1.29, 1.82) is 0 Å². The molecule has 0 saturated heterocycles. The van der Waals surface area contributed by atoms with Crippen molar-refractivity contribution in [1.82, 2.24) is 4.57 Å². The molecule has 0 aliphatic rings. The molecule has 0 aliphatic heterocycles. The van der Waals surface area contributed by atoms with Crippen LogP contribution in [0.1, 0.15) is 20.8 Å². The van der Waals surface area contributed by atoms with Gasteiger partial charge in [0.05, 0.1) is 9.68 Å². The standard InChI is InChI=1S/C6H19NSi2/c1-4-7(6(2)3)9-5-8/h6H,4-5,9H2,1-3,8H3. The van der Waals surface area contributed by atoms with Gasteiger partial charge >= 0.3 is 0 Å². The molecule has 0 aliphatic carbocycles. The highest BCUT2D eigenvalue weighted by atomic mass is 28.3. The highest BCUT2D eigenvalue weighted by molar-refractivity contribution is 6.44. The molecule has 1 nitrogen and oxygen atoms in total. The van der Waals surface area contributed by atoms with Gasteiger partial charge in [-0.2, -0.15) is 0 Å². The molecule has 0 aromatic carbocycles. The highest BCUT2D eigenvalue weighted by Crippen LogP contribution is 1.94. The van der Waals surface area contributed by atoms with Crippen LogP contribution in [0, 0.1) is 0 Å². The van der Waals surface area contributed by atoms with Crippen molar-refractivity contribution in [3.05, 3.63) is 0 Å². The van der Waals surface area contributed by atoms with Crippen LogP contribution >= 0.6 is 0 Å². The Morgan fingerprint density at radius 3 is 2.22 bits per heavy atom. The third-order valence-electron chi connectivity index (χ3n) is 1.65. The van der Waals surface area contributed by atoms with Crippen molar-refractivity contribution in [2.75, 3.05) is 6.54 Å². The molecular formula is C6H19NSi2. The van der Waals surface area contributed by atoms with Gasteiger partial charge in [0.15, 0.2) is 0 Å². The molecule has 0 bridgehead atoms. The molecule has 0 fully saturated rings. The first-order valence-electron chi connectivity index (χ1n) is 3.96. The van der Waals surface area contributed by atoms with Crippen LogP contribution < -0.4 is 0 Å². The molecule has 0 unspecified atom stereocenters. The van der Waals surface area contributed by atoms with E-state index in [-0.39, 0.29) is 9.68 Å². The van der Waals surface area contributed by atoms with Gasteiger partial charge in [0, 0.05) is 10.2 Å². The summed E-state index contributed by atoms with van der Waals surface area (Å²) in [6, 6.07) is 0.801. The molecule has 0 saturated carbocycles. The highest BCUT2D eigenvalue weighted by Gasteiger charge is 2.03. The molecule has 0 heterocycles. The molecule has 0 rings (SSSR count). The van der Waals surface area contributed by atoms with E-state index in [2.05, 4.69) is 25.3 Å². The Labute approximate surface area is 64.1 Å². The second-order valence-electron chi connectivity index (χ2n) is 2.72. The Morgan fingerprint density at radius 2 is 2.11 bits per heavy atom. The quantitative estimate of drug-likeness (QED) is 0.505. The summed E-state index contributed by atoms with van der Waals surface area (Å²) < 4.78 is 2.65. The molecule has 0 aromatic heterocycles. The Morgan fingerprint density at radius 1 is 1.56 bits per heavy atom. The largest absolute Gasteiger partial charge is 0.328 e. The molecule has 0 spiro atoms. The van der Waals surface area contributed by atoms with Crippen LogP contribution in [-0.4, -0.2) is 37.1 Å². The van der Waals surface area contributed by atoms with Crippen LogP contribution in [0.2, 0.25) is 5.67 Å². The van der Waals surface area contributed by atoms with E-state index in [0.717, 1.165) is 6.04 Å². The molecule has 56 valence electrons. The smallest absolute Gasteiger partial charge is 0.0919 e. The lowest BCUT2D eigenvalue weighted by Crippen LogP contribution is -2.33. The lowest BCUT2D eigenvalue weighted by atomic mass is 10.4. The average molecular weight is 161 g/mol. The van der Waals surface area contributed by atoms with Crippen molar-refractivity contribution in [2.24, 2.45) is 0 Å². The molecule has 3 heteroatoms. The summed E-state index contributed by atoms with van der Waals surface area (Å²) in [5.74, 6) is 0. The van der Waals surface area contributed by atoms with Crippen molar-refractivity contribution < 1.29 is 0 Å². The van der Waals surface area contributed by atoms with Gasteiger partial charge in [0.1, 0.15) is 0 Å². The Kier molecular flexibility index (Phi) is 5.43. The SMILES string of the molecule is CCN([SiH2]C[SiH3])C(C)C. The van der Waals surface area contributed by atoms with E-state index in [1.165, 1.54) is 16.8 Å². The van der Waals surface area contributed by atoms with Gasteiger partial charge in [-0.05, 0) is 12.6 Å². The van der Waals surface area contributed by atoms with Crippen LogP contribution in [0.4, 0.5) is 0 Å². The molecule has 0 N–H and O–H groups in total. The lowest BCUT2D eigenvalue weighted by molar-refractivity contribution is 0.390. The van der Waals surface area contributed by atoms with Crippen molar-refractivity contribution in [3.63, 3.8) is 0 Å². The second kappa shape index (κ2) is 5.20. The minimum Gasteiger partial charge on any atom is -0.328 e. The first-order valence-corrected chi connectivity index (χ1v) is 7.01. The summed E-state index contributed by atoms with van der Waals surface area (Å²) in [4.78, 5) is 0. The minimum absolute atomic E-state index is 0.183. The molecule has 0 atom stereocenters. The third-order valence-corrected chi connectivity index (χ3v) is 5.19. The number of hydrogen-bond donors (Lipinski definition) is 0. The van der Waals surface area contributed by atoms with Gasteiger partial charge < -0.3 is 4.57 Å². The fourth-order valence-corrected chi connectivity index (χ4v) is 4.20. The van der Waals surface area contributed by atoms with E-state index >= 15 is 0 Å². The monoisotopic (exact) mass is 161 g/mol. The first kappa shape index (κ1) is 9.39. The number of nitrogens with zero attached hydrogens (tertiary/aromatic N) is 1. The Bertz CT molecular complexity index is 66.1. The van der Waals surface area contributed by atoms with Gasteiger partial charge in [0.25, 0.3) is 0 Å². The van der Waals surface area contributed by atoms with Crippen LogP contribution in [-0.2, 0) is 0 Å². The number of rotatable bonds is 4. The minimum atomic E-state index is 0.183. The fourth-order valence-electron chi connectivity index (χ4n) is 1.07. The summed E-state index contributed by atoms with van der Waals surface area (Å²) in [6.07, 6.45) is 0. The summed E-state index contributed by atoms with van der Waals surface area (Å²) in [6.45, 7) is 8.14. The van der Waals surface area contributed by atoms with Crippen molar-refractivity contribution in [3.8, 4) is 0 Å². The normalized spacial score (nSPS) is 13.0. The third kappa shape index (κ3) is 3.89. The molecule has 0 aromatic rings. The van der Waals surface area contributed by atoms with E-state index in [4.69, 9.17) is 0 Å². The molecule has 0 radical (unpaired) electrons. The maximum atomic E-state index is 2.65. The van der Waals surface area contributed by atoms with Gasteiger partial charge in [0.2, 0.25) is 0 Å². The fraction of sp³-hybridized carbons (Fsp3) is 1.00. The zero-order chi connectivity index (χ0) is 7.28. The molecule has 9 heavy (non-hydrogen) atoms. The van der Waals surface area contributed by atoms with E-state index in [0.29, 0.717) is 0 Å².